The number of nitrogens with two attached hydrogens (primary N) is 1. The van der Waals surface area contributed by atoms with E-state index in [9.17, 15) is 9.59 Å². The number of hydrogen-bond acceptors (Lipinski definition) is 5. The number of carbonyl (C=O) groups excluding carboxylic acids is 2. The molecule has 0 radical (unpaired) electrons. The van der Waals surface area contributed by atoms with E-state index < -0.39 is 6.04 Å². The van der Waals surface area contributed by atoms with Crippen LogP contribution in [0.25, 0.3) is 0 Å². The fraction of sp³-hybridized carbons (Fsp3) is 0.556. The third-order valence-corrected chi connectivity index (χ3v) is 4.88. The molecule has 2 aliphatic heterocycles. The van der Waals surface area contributed by atoms with E-state index in [-0.39, 0.29) is 11.8 Å². The first-order valence-corrected chi connectivity index (χ1v) is 8.81. The van der Waals surface area contributed by atoms with Crippen molar-refractivity contribution in [1.29, 1.82) is 0 Å². The van der Waals surface area contributed by atoms with Crippen LogP contribution in [0, 0.1) is 0 Å². The molecule has 2 fully saturated rings. The average molecular weight is 346 g/mol. The van der Waals surface area contributed by atoms with Crippen LogP contribution >= 0.6 is 0 Å². The molecule has 0 spiro atoms. The Morgan fingerprint density at radius 1 is 1.00 bits per heavy atom. The van der Waals surface area contributed by atoms with Gasteiger partial charge in [0.2, 0.25) is 11.8 Å². The van der Waals surface area contributed by atoms with E-state index >= 15 is 0 Å². The maximum Gasteiger partial charge on any atom is 0.239 e. The third-order valence-electron chi connectivity index (χ3n) is 4.88. The van der Waals surface area contributed by atoms with Crippen LogP contribution in [-0.2, 0) is 14.3 Å². The van der Waals surface area contributed by atoms with Gasteiger partial charge in [-0.2, -0.15) is 0 Å². The Morgan fingerprint density at radius 2 is 1.64 bits per heavy atom. The second kappa shape index (κ2) is 8.42. The van der Waals surface area contributed by atoms with E-state index in [0.717, 1.165) is 18.7 Å². The normalized spacial score (nSPS) is 21.0. The number of amides is 2. The number of piperazine rings is 1. The Hall–Kier alpha value is -1.96. The Balaban J connectivity index is 1.55. The van der Waals surface area contributed by atoms with Gasteiger partial charge in [-0.15, -0.1) is 0 Å². The van der Waals surface area contributed by atoms with Crippen LogP contribution in [-0.4, -0.2) is 85.5 Å². The van der Waals surface area contributed by atoms with Gasteiger partial charge in [0.05, 0.1) is 19.8 Å². The molecule has 136 valence electrons. The number of benzene rings is 1. The molecule has 0 unspecified atom stereocenters. The number of carbonyl (C=O) groups is 2. The second-order valence-corrected chi connectivity index (χ2v) is 6.52. The lowest BCUT2D eigenvalue weighted by molar-refractivity contribution is -0.136. The summed E-state index contributed by atoms with van der Waals surface area (Å²) in [6.07, 6.45) is 0. The first-order chi connectivity index (χ1) is 12.1. The predicted molar refractivity (Wildman–Crippen MR) is 93.8 cm³/mol. The summed E-state index contributed by atoms with van der Waals surface area (Å²) in [7, 11) is 0. The zero-order valence-corrected chi connectivity index (χ0v) is 14.5. The average Bonchev–Trinajstić information content (AvgIpc) is 2.64. The maximum absolute atomic E-state index is 12.5. The molecule has 1 aromatic rings. The van der Waals surface area contributed by atoms with Crippen molar-refractivity contribution in [3.8, 4) is 0 Å². The molecular formula is C18H26N4O3. The smallest absolute Gasteiger partial charge is 0.239 e. The summed E-state index contributed by atoms with van der Waals surface area (Å²) in [5, 5.41) is 0. The quantitative estimate of drug-likeness (QED) is 0.791. The van der Waals surface area contributed by atoms with Crippen molar-refractivity contribution in [1.82, 2.24) is 14.7 Å². The molecule has 3 rings (SSSR count). The minimum absolute atomic E-state index is 0.150. The summed E-state index contributed by atoms with van der Waals surface area (Å²) in [5.41, 5.74) is 6.54. The molecule has 2 heterocycles. The van der Waals surface area contributed by atoms with Crippen LogP contribution in [0.3, 0.4) is 0 Å². The molecule has 0 aromatic heterocycles. The molecular weight excluding hydrogens is 320 g/mol. The summed E-state index contributed by atoms with van der Waals surface area (Å²) in [6.45, 7) is 6.00. The number of ether oxygens (including phenoxy) is 1. The summed E-state index contributed by atoms with van der Waals surface area (Å²) < 4.78 is 5.31. The second-order valence-electron chi connectivity index (χ2n) is 6.52. The van der Waals surface area contributed by atoms with E-state index in [1.165, 1.54) is 0 Å². The van der Waals surface area contributed by atoms with E-state index in [2.05, 4.69) is 9.80 Å². The standard InChI is InChI=1S/C18H26N4O3/c19-18(24)17(15-4-2-1-3-5-15)22-8-6-21(7-9-22)16(23)14-20-10-12-25-13-11-20/h1-5,17H,6-14H2,(H2,19,24)/t17-/m0/s1. The van der Waals surface area contributed by atoms with Gasteiger partial charge in [0.1, 0.15) is 6.04 Å². The highest BCUT2D eigenvalue weighted by atomic mass is 16.5. The number of rotatable bonds is 5. The number of nitrogens with zero attached hydrogens (tertiary/aromatic N) is 3. The van der Waals surface area contributed by atoms with E-state index in [4.69, 9.17) is 10.5 Å². The highest BCUT2D eigenvalue weighted by Crippen LogP contribution is 2.22. The van der Waals surface area contributed by atoms with Gasteiger partial charge in [0.25, 0.3) is 0 Å². The minimum atomic E-state index is -0.433. The zero-order valence-electron chi connectivity index (χ0n) is 14.5. The van der Waals surface area contributed by atoms with Crippen molar-refractivity contribution < 1.29 is 14.3 Å². The van der Waals surface area contributed by atoms with Crippen molar-refractivity contribution >= 4 is 11.8 Å². The van der Waals surface area contributed by atoms with Crippen molar-refractivity contribution in [2.24, 2.45) is 5.73 Å². The van der Waals surface area contributed by atoms with Crippen molar-refractivity contribution in [3.63, 3.8) is 0 Å². The molecule has 2 N–H and O–H groups in total. The Morgan fingerprint density at radius 3 is 2.24 bits per heavy atom. The predicted octanol–water partition coefficient (Wildman–Crippen LogP) is -0.311. The number of morpholine rings is 1. The van der Waals surface area contributed by atoms with E-state index in [1.54, 1.807) is 0 Å². The summed E-state index contributed by atoms with van der Waals surface area (Å²) in [4.78, 5) is 30.5. The molecule has 7 nitrogen and oxygen atoms in total. The fourth-order valence-corrected chi connectivity index (χ4v) is 3.47. The lowest BCUT2D eigenvalue weighted by Gasteiger charge is -2.39. The molecule has 2 aliphatic rings. The van der Waals surface area contributed by atoms with Gasteiger partial charge in [0, 0.05) is 39.3 Å². The van der Waals surface area contributed by atoms with Crippen LogP contribution in [0.1, 0.15) is 11.6 Å². The largest absolute Gasteiger partial charge is 0.379 e. The van der Waals surface area contributed by atoms with Gasteiger partial charge in [-0.1, -0.05) is 30.3 Å². The lowest BCUT2D eigenvalue weighted by atomic mass is 10.0. The Kier molecular flexibility index (Phi) is 6.01. The van der Waals surface area contributed by atoms with Crippen molar-refractivity contribution in [2.75, 3.05) is 59.0 Å². The highest BCUT2D eigenvalue weighted by Gasteiger charge is 2.30. The summed E-state index contributed by atoms with van der Waals surface area (Å²) in [5.74, 6) is -0.198. The van der Waals surface area contributed by atoms with Crippen LogP contribution in [0.4, 0.5) is 0 Å². The van der Waals surface area contributed by atoms with Crippen molar-refractivity contribution in [2.45, 2.75) is 6.04 Å². The molecule has 1 atom stereocenters. The van der Waals surface area contributed by atoms with Gasteiger partial charge in [-0.3, -0.25) is 19.4 Å². The molecule has 1 aromatic carbocycles. The molecule has 25 heavy (non-hydrogen) atoms. The molecule has 0 bridgehead atoms. The van der Waals surface area contributed by atoms with Gasteiger partial charge in [-0.25, -0.2) is 0 Å². The summed E-state index contributed by atoms with van der Waals surface area (Å²) >= 11 is 0. The van der Waals surface area contributed by atoms with Crippen molar-refractivity contribution in [3.05, 3.63) is 35.9 Å². The van der Waals surface area contributed by atoms with Gasteiger partial charge in [0.15, 0.2) is 0 Å². The topological polar surface area (TPSA) is 79.1 Å². The third kappa shape index (κ3) is 4.56. The Labute approximate surface area is 148 Å². The van der Waals surface area contributed by atoms with E-state index in [1.807, 2.05) is 35.2 Å². The molecule has 2 saturated heterocycles. The monoisotopic (exact) mass is 346 g/mol. The molecule has 2 amide bonds. The van der Waals surface area contributed by atoms with Crippen LogP contribution in [0.2, 0.25) is 0 Å². The SMILES string of the molecule is NC(=O)[C@H](c1ccccc1)N1CCN(C(=O)CN2CCOCC2)CC1. The van der Waals surface area contributed by atoms with E-state index in [0.29, 0.717) is 45.9 Å². The first-order valence-electron chi connectivity index (χ1n) is 8.81. The minimum Gasteiger partial charge on any atom is -0.379 e. The molecule has 0 aliphatic carbocycles. The highest BCUT2D eigenvalue weighted by molar-refractivity contribution is 5.81. The maximum atomic E-state index is 12.5. The number of hydrogen-bond donors (Lipinski definition) is 1. The fourth-order valence-electron chi connectivity index (χ4n) is 3.47. The molecule has 7 heteroatoms. The van der Waals surface area contributed by atoms with Gasteiger partial charge in [-0.05, 0) is 5.56 Å². The first kappa shape index (κ1) is 17.8. The van der Waals surface area contributed by atoms with Gasteiger partial charge < -0.3 is 15.4 Å². The molecule has 0 saturated carbocycles. The Bertz CT molecular complexity index is 581. The van der Waals surface area contributed by atoms with Crippen LogP contribution < -0.4 is 5.73 Å². The zero-order chi connectivity index (χ0) is 17.6. The summed E-state index contributed by atoms with van der Waals surface area (Å²) in [6, 6.07) is 9.15. The lowest BCUT2D eigenvalue weighted by Crippen LogP contribution is -2.54. The van der Waals surface area contributed by atoms with Gasteiger partial charge >= 0.3 is 0 Å². The number of primary amides is 1. The van der Waals surface area contributed by atoms with Crippen LogP contribution in [0.15, 0.2) is 30.3 Å². The van der Waals surface area contributed by atoms with Crippen LogP contribution in [0.5, 0.6) is 0 Å².